The Morgan fingerprint density at radius 2 is 1.61 bits per heavy atom. The van der Waals surface area contributed by atoms with Gasteiger partial charge in [-0.25, -0.2) is 0 Å². The Morgan fingerprint density at radius 3 is 2.19 bits per heavy atom. The molecule has 170 valence electrons. The zero-order chi connectivity index (χ0) is 20.3. The molecule has 1 heterocycles. The highest BCUT2D eigenvalue weighted by Crippen LogP contribution is 2.43. The molecule has 0 amide bonds. The van der Waals surface area contributed by atoms with Crippen LogP contribution in [-0.4, -0.2) is 55.6 Å². The molecule has 1 unspecified atom stereocenters. The molecule has 4 rings (SSSR count). The highest BCUT2D eigenvalue weighted by atomic mass is 35.5. The Hall–Kier alpha value is -1.79. The van der Waals surface area contributed by atoms with E-state index in [1.165, 1.54) is 0 Å². The summed E-state index contributed by atoms with van der Waals surface area (Å²) in [5.41, 5.74) is 0.470. The van der Waals surface area contributed by atoms with Gasteiger partial charge in [-0.2, -0.15) is 0 Å². The highest BCUT2D eigenvalue weighted by molar-refractivity contribution is 5.90. The zero-order valence-electron chi connectivity index (χ0n) is 17.9. The standard InChI is InChI=1S/C24H30N2O3.2ClH/c1-29-22-13-6-5-12-21(22)26-16-14-25(15-17-26)18-23(27)24(28,20-10-7-11-20)19-8-3-2-4-9-19;;/h2-6,8-9,12-13,20,28H,7,10-11,14-18H2,1H3;2*1H. The molecule has 2 aliphatic rings. The number of hydrogen-bond donors (Lipinski definition) is 1. The third-order valence-electron chi connectivity index (χ3n) is 6.50. The number of Topliss-reactive ketones (excluding diaryl/α,β-unsaturated/α-hetero) is 1. The molecule has 1 aliphatic heterocycles. The highest BCUT2D eigenvalue weighted by Gasteiger charge is 2.47. The van der Waals surface area contributed by atoms with E-state index >= 15 is 0 Å². The Balaban J connectivity index is 0.00000171. The quantitative estimate of drug-likeness (QED) is 0.669. The molecular weight excluding hydrogens is 435 g/mol. The van der Waals surface area contributed by atoms with Crippen molar-refractivity contribution in [1.82, 2.24) is 4.90 Å². The summed E-state index contributed by atoms with van der Waals surface area (Å²) in [4.78, 5) is 17.8. The van der Waals surface area contributed by atoms with Gasteiger partial charge in [-0.1, -0.05) is 48.9 Å². The number of ether oxygens (including phenoxy) is 1. The summed E-state index contributed by atoms with van der Waals surface area (Å²) in [5, 5.41) is 11.5. The molecule has 0 radical (unpaired) electrons. The average Bonchev–Trinajstić information content (AvgIpc) is 2.73. The first-order valence-electron chi connectivity index (χ1n) is 10.5. The number of para-hydroxylation sites is 2. The summed E-state index contributed by atoms with van der Waals surface area (Å²) < 4.78 is 5.49. The van der Waals surface area contributed by atoms with Crippen molar-refractivity contribution in [3.8, 4) is 5.75 Å². The molecule has 2 fully saturated rings. The predicted octanol–water partition coefficient (Wildman–Crippen LogP) is 3.92. The molecule has 2 aromatic carbocycles. The molecule has 7 heteroatoms. The largest absolute Gasteiger partial charge is 0.495 e. The number of rotatable bonds is 7. The molecule has 1 aliphatic carbocycles. The second-order valence-corrected chi connectivity index (χ2v) is 8.12. The van der Waals surface area contributed by atoms with Crippen LogP contribution in [0.1, 0.15) is 24.8 Å². The third kappa shape index (κ3) is 5.17. The molecule has 0 spiro atoms. The van der Waals surface area contributed by atoms with Crippen LogP contribution >= 0.6 is 24.8 Å². The van der Waals surface area contributed by atoms with Gasteiger partial charge in [0.2, 0.25) is 0 Å². The van der Waals surface area contributed by atoms with Crippen molar-refractivity contribution in [1.29, 1.82) is 0 Å². The summed E-state index contributed by atoms with van der Waals surface area (Å²) in [6, 6.07) is 17.5. The Kier molecular flexibility index (Phi) is 9.19. The van der Waals surface area contributed by atoms with Crippen molar-refractivity contribution in [3.63, 3.8) is 0 Å². The average molecular weight is 467 g/mol. The van der Waals surface area contributed by atoms with Crippen molar-refractivity contribution in [2.75, 3.05) is 44.7 Å². The van der Waals surface area contributed by atoms with Crippen LogP contribution in [0.15, 0.2) is 54.6 Å². The maximum absolute atomic E-state index is 13.3. The maximum atomic E-state index is 13.3. The van der Waals surface area contributed by atoms with E-state index in [2.05, 4.69) is 15.9 Å². The van der Waals surface area contributed by atoms with E-state index in [-0.39, 0.29) is 36.5 Å². The monoisotopic (exact) mass is 466 g/mol. The van der Waals surface area contributed by atoms with E-state index in [0.717, 1.165) is 62.4 Å². The summed E-state index contributed by atoms with van der Waals surface area (Å²) in [5.74, 6) is 0.840. The fourth-order valence-corrected chi connectivity index (χ4v) is 4.50. The Labute approximate surface area is 197 Å². The number of nitrogens with zero attached hydrogens (tertiary/aromatic N) is 2. The first-order valence-corrected chi connectivity index (χ1v) is 10.5. The van der Waals surface area contributed by atoms with Crippen LogP contribution in [0.25, 0.3) is 0 Å². The lowest BCUT2D eigenvalue weighted by Crippen LogP contribution is -2.53. The molecule has 0 bridgehead atoms. The number of carbonyl (C=O) groups excluding carboxylic acids is 1. The van der Waals surface area contributed by atoms with Crippen molar-refractivity contribution < 1.29 is 14.6 Å². The van der Waals surface area contributed by atoms with Crippen LogP contribution in [0.4, 0.5) is 5.69 Å². The lowest BCUT2D eigenvalue weighted by molar-refractivity contribution is -0.150. The molecular formula is C24H32Cl2N2O3. The van der Waals surface area contributed by atoms with Crippen LogP contribution in [-0.2, 0) is 10.4 Å². The minimum atomic E-state index is -1.36. The number of aliphatic hydroxyl groups is 1. The number of ketones is 1. The van der Waals surface area contributed by atoms with Crippen LogP contribution in [0.3, 0.4) is 0 Å². The van der Waals surface area contributed by atoms with E-state index in [1.807, 2.05) is 48.5 Å². The van der Waals surface area contributed by atoms with Gasteiger partial charge < -0.3 is 14.7 Å². The van der Waals surface area contributed by atoms with Crippen molar-refractivity contribution in [2.24, 2.45) is 5.92 Å². The van der Waals surface area contributed by atoms with Crippen LogP contribution < -0.4 is 9.64 Å². The van der Waals surface area contributed by atoms with E-state index in [0.29, 0.717) is 6.54 Å². The SMILES string of the molecule is COc1ccccc1N1CCN(CC(=O)C(O)(c2ccccc2)C2CCC2)CC1.Cl.Cl. The smallest absolute Gasteiger partial charge is 0.183 e. The maximum Gasteiger partial charge on any atom is 0.183 e. The number of methoxy groups -OCH3 is 1. The van der Waals surface area contributed by atoms with Crippen molar-refractivity contribution in [3.05, 3.63) is 60.2 Å². The van der Waals surface area contributed by atoms with Gasteiger partial charge in [-0.05, 0) is 36.5 Å². The summed E-state index contributed by atoms with van der Waals surface area (Å²) in [6.45, 7) is 3.54. The van der Waals surface area contributed by atoms with Gasteiger partial charge in [0.05, 0.1) is 19.3 Å². The van der Waals surface area contributed by atoms with Crippen molar-refractivity contribution in [2.45, 2.75) is 24.9 Å². The number of benzene rings is 2. The lowest BCUT2D eigenvalue weighted by atomic mass is 9.67. The van der Waals surface area contributed by atoms with E-state index < -0.39 is 5.60 Å². The van der Waals surface area contributed by atoms with Gasteiger partial charge in [0, 0.05) is 26.2 Å². The summed E-state index contributed by atoms with van der Waals surface area (Å²) in [6.07, 6.45) is 2.92. The molecule has 1 N–H and O–H groups in total. The van der Waals surface area contributed by atoms with Crippen LogP contribution in [0, 0.1) is 5.92 Å². The molecule has 1 saturated heterocycles. The fraction of sp³-hybridized carbons (Fsp3) is 0.458. The number of carbonyl (C=O) groups is 1. The predicted molar refractivity (Wildman–Crippen MR) is 129 cm³/mol. The van der Waals surface area contributed by atoms with E-state index in [1.54, 1.807) is 7.11 Å². The minimum absolute atomic E-state index is 0. The molecule has 0 aromatic heterocycles. The van der Waals surface area contributed by atoms with E-state index in [4.69, 9.17) is 4.74 Å². The Bertz CT molecular complexity index is 840. The number of hydrogen-bond acceptors (Lipinski definition) is 5. The van der Waals surface area contributed by atoms with Gasteiger partial charge in [0.15, 0.2) is 11.4 Å². The second-order valence-electron chi connectivity index (χ2n) is 8.12. The molecule has 31 heavy (non-hydrogen) atoms. The van der Waals surface area contributed by atoms with Gasteiger partial charge in [-0.15, -0.1) is 24.8 Å². The van der Waals surface area contributed by atoms with Gasteiger partial charge in [0.25, 0.3) is 0 Å². The Morgan fingerprint density at radius 1 is 1.00 bits per heavy atom. The zero-order valence-corrected chi connectivity index (χ0v) is 19.5. The van der Waals surface area contributed by atoms with Gasteiger partial charge in [0.1, 0.15) is 5.75 Å². The lowest BCUT2D eigenvalue weighted by Gasteiger charge is -2.42. The minimum Gasteiger partial charge on any atom is -0.495 e. The molecule has 1 saturated carbocycles. The van der Waals surface area contributed by atoms with E-state index in [9.17, 15) is 9.90 Å². The third-order valence-corrected chi connectivity index (χ3v) is 6.50. The number of anilines is 1. The van der Waals surface area contributed by atoms with Gasteiger partial charge >= 0.3 is 0 Å². The molecule has 5 nitrogen and oxygen atoms in total. The molecule has 2 aromatic rings. The van der Waals surface area contributed by atoms with Gasteiger partial charge in [-0.3, -0.25) is 9.69 Å². The fourth-order valence-electron chi connectivity index (χ4n) is 4.50. The van der Waals surface area contributed by atoms with Crippen LogP contribution in [0.5, 0.6) is 5.75 Å². The first kappa shape index (κ1) is 25.5. The normalized spacial score (nSPS) is 18.7. The number of halogens is 2. The molecule has 1 atom stereocenters. The second kappa shape index (κ2) is 11.2. The first-order chi connectivity index (χ1) is 14.1. The topological polar surface area (TPSA) is 53.0 Å². The number of piperazine rings is 1. The summed E-state index contributed by atoms with van der Waals surface area (Å²) in [7, 11) is 1.69. The van der Waals surface area contributed by atoms with Crippen LogP contribution in [0.2, 0.25) is 0 Å². The summed E-state index contributed by atoms with van der Waals surface area (Å²) >= 11 is 0. The van der Waals surface area contributed by atoms with Crippen molar-refractivity contribution >= 4 is 36.3 Å².